The van der Waals surface area contributed by atoms with E-state index in [1.165, 1.54) is 0 Å². The lowest BCUT2D eigenvalue weighted by Gasteiger charge is -2.25. The molecule has 1 aliphatic heterocycles. The molecule has 2 unspecified atom stereocenters. The minimum absolute atomic E-state index is 0.140. The number of rotatable bonds is 7. The molecular weight excluding hydrogens is 257 g/mol. The molecule has 2 rings (SSSR count). The summed E-state index contributed by atoms with van der Waals surface area (Å²) in [5, 5.41) is 3.29. The van der Waals surface area contributed by atoms with Crippen LogP contribution < -0.4 is 5.32 Å². The summed E-state index contributed by atoms with van der Waals surface area (Å²) in [6.07, 6.45) is 0.0523. The summed E-state index contributed by atoms with van der Waals surface area (Å²) in [5.41, 5.74) is 0. The predicted molar refractivity (Wildman–Crippen MR) is 67.1 cm³/mol. The molecule has 2 aliphatic rings. The largest absolute Gasteiger partial charge is 0.401 e. The Morgan fingerprint density at radius 2 is 2.05 bits per heavy atom. The highest BCUT2D eigenvalue weighted by molar-refractivity contribution is 4.86. The molecule has 0 amide bonds. The van der Waals surface area contributed by atoms with E-state index in [4.69, 9.17) is 4.74 Å². The van der Waals surface area contributed by atoms with E-state index in [9.17, 15) is 13.2 Å². The van der Waals surface area contributed by atoms with Crippen LogP contribution in [-0.2, 0) is 4.74 Å². The summed E-state index contributed by atoms with van der Waals surface area (Å²) in [7, 11) is 0. The highest BCUT2D eigenvalue weighted by atomic mass is 19.4. The Balaban J connectivity index is 1.67. The van der Waals surface area contributed by atoms with E-state index < -0.39 is 12.7 Å². The highest BCUT2D eigenvalue weighted by Gasteiger charge is 2.37. The van der Waals surface area contributed by atoms with Gasteiger partial charge >= 0.3 is 6.18 Å². The van der Waals surface area contributed by atoms with Crippen LogP contribution in [0.25, 0.3) is 0 Å². The summed E-state index contributed by atoms with van der Waals surface area (Å²) in [4.78, 5) is 1.55. The lowest BCUT2D eigenvalue weighted by Crippen LogP contribution is -2.44. The van der Waals surface area contributed by atoms with Gasteiger partial charge in [-0.1, -0.05) is 0 Å². The van der Waals surface area contributed by atoms with Crippen molar-refractivity contribution >= 4 is 0 Å². The maximum atomic E-state index is 12.4. The van der Waals surface area contributed by atoms with Gasteiger partial charge in [0.1, 0.15) is 0 Å². The highest BCUT2D eigenvalue weighted by Crippen LogP contribution is 2.29. The Kier molecular flexibility index (Phi) is 5.09. The molecule has 0 aromatic carbocycles. The normalized spacial score (nSPS) is 26.1. The number of nitrogens with one attached hydrogen (secondary N) is 1. The first-order chi connectivity index (χ1) is 8.96. The van der Waals surface area contributed by atoms with Gasteiger partial charge in [0, 0.05) is 31.8 Å². The molecule has 6 heteroatoms. The van der Waals surface area contributed by atoms with Gasteiger partial charge in [-0.3, -0.25) is 4.90 Å². The molecule has 1 saturated carbocycles. The van der Waals surface area contributed by atoms with Gasteiger partial charge in [-0.25, -0.2) is 0 Å². The van der Waals surface area contributed by atoms with Gasteiger partial charge in [0.25, 0.3) is 0 Å². The maximum Gasteiger partial charge on any atom is 0.401 e. The molecule has 1 N–H and O–H groups in total. The molecule has 2 atom stereocenters. The molecule has 1 aliphatic carbocycles. The third kappa shape index (κ3) is 5.28. The quantitative estimate of drug-likeness (QED) is 0.773. The molecule has 112 valence electrons. The first kappa shape index (κ1) is 15.1. The number of alkyl halides is 3. The van der Waals surface area contributed by atoms with E-state index in [1.54, 1.807) is 4.90 Å². The molecule has 1 saturated heterocycles. The zero-order valence-electron chi connectivity index (χ0n) is 11.4. The van der Waals surface area contributed by atoms with Gasteiger partial charge < -0.3 is 10.1 Å². The smallest absolute Gasteiger partial charge is 0.377 e. The Morgan fingerprint density at radius 3 is 2.58 bits per heavy atom. The van der Waals surface area contributed by atoms with Crippen LogP contribution in [0.4, 0.5) is 13.2 Å². The maximum absolute atomic E-state index is 12.4. The standard InChI is InChI=1S/C13H23F3N2O/c1-10(12-3-2-8-19-12)17-6-7-18(11-4-5-11)9-13(14,15)16/h10-12,17H,2-9H2,1H3. The average Bonchev–Trinajstić information content (AvgIpc) is 3.01. The van der Waals surface area contributed by atoms with Gasteiger partial charge in [-0.05, 0) is 32.6 Å². The molecular formula is C13H23F3N2O. The Bertz CT molecular complexity index is 276. The second-order valence-corrected chi connectivity index (χ2v) is 5.61. The summed E-state index contributed by atoms with van der Waals surface area (Å²) in [6, 6.07) is 0.357. The Labute approximate surface area is 112 Å². The summed E-state index contributed by atoms with van der Waals surface area (Å²) in [5.74, 6) is 0. The average molecular weight is 280 g/mol. The summed E-state index contributed by atoms with van der Waals surface area (Å²) >= 11 is 0. The second kappa shape index (κ2) is 6.41. The third-order valence-electron chi connectivity index (χ3n) is 3.83. The molecule has 0 radical (unpaired) electrons. The van der Waals surface area contributed by atoms with Crippen LogP contribution in [0.15, 0.2) is 0 Å². The molecule has 0 aromatic rings. The van der Waals surface area contributed by atoms with Crippen molar-refractivity contribution in [3.63, 3.8) is 0 Å². The zero-order chi connectivity index (χ0) is 13.9. The van der Waals surface area contributed by atoms with E-state index >= 15 is 0 Å². The van der Waals surface area contributed by atoms with Crippen molar-refractivity contribution in [1.29, 1.82) is 0 Å². The fraction of sp³-hybridized carbons (Fsp3) is 1.00. The van der Waals surface area contributed by atoms with E-state index in [2.05, 4.69) is 5.32 Å². The fourth-order valence-corrected chi connectivity index (χ4v) is 2.62. The number of halogens is 3. The van der Waals surface area contributed by atoms with Gasteiger partial charge in [-0.2, -0.15) is 13.2 Å². The van der Waals surface area contributed by atoms with E-state index in [-0.39, 0.29) is 18.2 Å². The topological polar surface area (TPSA) is 24.5 Å². The SMILES string of the molecule is CC(NCCN(CC(F)(F)F)C1CC1)C1CCCO1. The van der Waals surface area contributed by atoms with Crippen LogP contribution in [0.1, 0.15) is 32.6 Å². The van der Waals surface area contributed by atoms with Gasteiger partial charge in [0.05, 0.1) is 12.6 Å². The Morgan fingerprint density at radius 1 is 1.32 bits per heavy atom. The fourth-order valence-electron chi connectivity index (χ4n) is 2.62. The van der Waals surface area contributed by atoms with Crippen molar-refractivity contribution in [2.45, 2.75) is 57.0 Å². The molecule has 0 spiro atoms. The summed E-state index contributed by atoms with van der Waals surface area (Å²) in [6.45, 7) is 3.11. The van der Waals surface area contributed by atoms with E-state index in [1.807, 2.05) is 6.92 Å². The predicted octanol–water partition coefficient (Wildman–Crippen LogP) is 2.17. The lowest BCUT2D eigenvalue weighted by molar-refractivity contribution is -0.147. The van der Waals surface area contributed by atoms with E-state index in [0.29, 0.717) is 13.1 Å². The molecule has 3 nitrogen and oxygen atoms in total. The minimum Gasteiger partial charge on any atom is -0.377 e. The van der Waals surface area contributed by atoms with Gasteiger partial charge in [-0.15, -0.1) is 0 Å². The molecule has 0 aromatic heterocycles. The van der Waals surface area contributed by atoms with Crippen molar-refractivity contribution in [2.75, 3.05) is 26.2 Å². The lowest BCUT2D eigenvalue weighted by atomic mass is 10.1. The summed E-state index contributed by atoms with van der Waals surface area (Å²) < 4.78 is 42.9. The molecule has 0 bridgehead atoms. The van der Waals surface area contributed by atoms with Crippen LogP contribution in [0.3, 0.4) is 0 Å². The molecule has 1 heterocycles. The van der Waals surface area contributed by atoms with Crippen LogP contribution in [0, 0.1) is 0 Å². The number of ether oxygens (including phenoxy) is 1. The zero-order valence-corrected chi connectivity index (χ0v) is 11.4. The van der Waals surface area contributed by atoms with Crippen LogP contribution in [0.2, 0.25) is 0 Å². The molecule has 2 fully saturated rings. The van der Waals surface area contributed by atoms with Crippen molar-refractivity contribution in [3.8, 4) is 0 Å². The number of hydrogen-bond donors (Lipinski definition) is 1. The van der Waals surface area contributed by atoms with Crippen molar-refractivity contribution < 1.29 is 17.9 Å². The number of nitrogens with zero attached hydrogens (tertiary/aromatic N) is 1. The minimum atomic E-state index is -4.09. The third-order valence-corrected chi connectivity index (χ3v) is 3.83. The molecule has 19 heavy (non-hydrogen) atoms. The first-order valence-electron chi connectivity index (χ1n) is 7.11. The van der Waals surface area contributed by atoms with Gasteiger partial charge in [0.15, 0.2) is 0 Å². The monoisotopic (exact) mass is 280 g/mol. The van der Waals surface area contributed by atoms with Gasteiger partial charge in [0.2, 0.25) is 0 Å². The second-order valence-electron chi connectivity index (χ2n) is 5.61. The van der Waals surface area contributed by atoms with Crippen molar-refractivity contribution in [2.24, 2.45) is 0 Å². The van der Waals surface area contributed by atoms with Crippen LogP contribution in [-0.4, -0.2) is 55.5 Å². The van der Waals surface area contributed by atoms with Crippen molar-refractivity contribution in [3.05, 3.63) is 0 Å². The van der Waals surface area contributed by atoms with E-state index in [0.717, 1.165) is 32.3 Å². The number of hydrogen-bond acceptors (Lipinski definition) is 3. The Hall–Kier alpha value is -0.330. The van der Waals surface area contributed by atoms with Crippen LogP contribution in [0.5, 0.6) is 0 Å². The van der Waals surface area contributed by atoms with Crippen molar-refractivity contribution in [1.82, 2.24) is 10.2 Å². The first-order valence-corrected chi connectivity index (χ1v) is 7.11. The van der Waals surface area contributed by atoms with Crippen LogP contribution >= 0.6 is 0 Å².